The molecule has 5 atom stereocenters. The van der Waals surface area contributed by atoms with E-state index < -0.39 is 0 Å². The number of fused-ring (bicyclic) bond motifs is 3. The van der Waals surface area contributed by atoms with E-state index in [-0.39, 0.29) is 0 Å². The molecule has 5 unspecified atom stereocenters. The monoisotopic (exact) mass is 218 g/mol. The highest BCUT2D eigenvalue weighted by molar-refractivity contribution is 5.93. The van der Waals surface area contributed by atoms with E-state index in [2.05, 4.69) is 13.8 Å². The number of hydrogen-bond donors (Lipinski definition) is 0. The smallest absolute Gasteiger partial charge is 0.156 e. The molecule has 0 spiro atoms. The van der Waals surface area contributed by atoms with Crippen molar-refractivity contribution in [1.82, 2.24) is 0 Å². The van der Waals surface area contributed by atoms with Gasteiger partial charge in [-0.3, -0.25) is 4.79 Å². The molecule has 0 bridgehead atoms. The van der Waals surface area contributed by atoms with E-state index in [1.807, 2.05) is 6.08 Å². The third-order valence-corrected chi connectivity index (χ3v) is 5.20. The highest BCUT2D eigenvalue weighted by Crippen LogP contribution is 2.52. The van der Waals surface area contributed by atoms with Crippen molar-refractivity contribution in [3.05, 3.63) is 11.6 Å². The van der Waals surface area contributed by atoms with Crippen molar-refractivity contribution in [2.45, 2.75) is 46.0 Å². The highest BCUT2D eigenvalue weighted by atomic mass is 16.1. The summed E-state index contributed by atoms with van der Waals surface area (Å²) in [6.45, 7) is 4.80. The standard InChI is InChI=1S/C15H22O/c1-9-5-10(2)13-4-3-11-7-12(16)8-14(11)15(13)6-9/h8-11,13,15H,3-7H2,1-2H3. The minimum Gasteiger partial charge on any atom is -0.295 e. The first-order valence-corrected chi connectivity index (χ1v) is 6.89. The van der Waals surface area contributed by atoms with Crippen LogP contribution in [0, 0.1) is 29.6 Å². The Bertz CT molecular complexity index is 341. The molecular weight excluding hydrogens is 196 g/mol. The van der Waals surface area contributed by atoms with Gasteiger partial charge in [-0.25, -0.2) is 0 Å². The van der Waals surface area contributed by atoms with Gasteiger partial charge in [0.15, 0.2) is 5.78 Å². The Morgan fingerprint density at radius 2 is 2.00 bits per heavy atom. The van der Waals surface area contributed by atoms with Gasteiger partial charge in [0.2, 0.25) is 0 Å². The van der Waals surface area contributed by atoms with Crippen molar-refractivity contribution in [3.8, 4) is 0 Å². The normalized spacial score (nSPS) is 47.2. The Hall–Kier alpha value is -0.590. The first-order valence-electron chi connectivity index (χ1n) is 6.89. The first-order chi connectivity index (χ1) is 7.65. The van der Waals surface area contributed by atoms with Crippen LogP contribution in [0.2, 0.25) is 0 Å². The van der Waals surface area contributed by atoms with Gasteiger partial charge >= 0.3 is 0 Å². The van der Waals surface area contributed by atoms with Crippen molar-refractivity contribution in [1.29, 1.82) is 0 Å². The van der Waals surface area contributed by atoms with E-state index in [0.717, 1.165) is 30.1 Å². The summed E-state index contributed by atoms with van der Waals surface area (Å²) in [6, 6.07) is 0. The third kappa shape index (κ3) is 1.56. The molecule has 0 amide bonds. The lowest BCUT2D eigenvalue weighted by molar-refractivity contribution is -0.114. The van der Waals surface area contributed by atoms with Crippen LogP contribution in [0.15, 0.2) is 11.6 Å². The fourth-order valence-electron chi connectivity index (χ4n) is 4.58. The summed E-state index contributed by atoms with van der Waals surface area (Å²) in [7, 11) is 0. The maximum absolute atomic E-state index is 11.6. The first kappa shape index (κ1) is 10.6. The lowest BCUT2D eigenvalue weighted by Crippen LogP contribution is -2.36. The summed E-state index contributed by atoms with van der Waals surface area (Å²) in [5, 5.41) is 0. The number of carbonyl (C=O) groups is 1. The van der Waals surface area contributed by atoms with Gasteiger partial charge in [-0.05, 0) is 61.3 Å². The zero-order valence-corrected chi connectivity index (χ0v) is 10.4. The van der Waals surface area contributed by atoms with Crippen molar-refractivity contribution < 1.29 is 4.79 Å². The van der Waals surface area contributed by atoms with E-state index in [1.54, 1.807) is 5.57 Å². The van der Waals surface area contributed by atoms with E-state index in [1.165, 1.54) is 25.7 Å². The molecule has 88 valence electrons. The summed E-state index contributed by atoms with van der Waals surface area (Å²) in [6.07, 6.45) is 8.20. The average Bonchev–Trinajstić information content (AvgIpc) is 2.58. The molecule has 0 aromatic rings. The summed E-state index contributed by atoms with van der Waals surface area (Å²) in [4.78, 5) is 11.6. The lowest BCUT2D eigenvalue weighted by atomic mass is 9.60. The third-order valence-electron chi connectivity index (χ3n) is 5.20. The minimum atomic E-state index is 0.395. The van der Waals surface area contributed by atoms with Gasteiger partial charge in [-0.1, -0.05) is 19.4 Å². The quantitative estimate of drug-likeness (QED) is 0.607. The zero-order chi connectivity index (χ0) is 11.3. The average molecular weight is 218 g/mol. The van der Waals surface area contributed by atoms with E-state index in [0.29, 0.717) is 11.7 Å². The molecule has 0 aromatic heterocycles. The molecule has 3 rings (SSSR count). The van der Waals surface area contributed by atoms with Gasteiger partial charge < -0.3 is 0 Å². The van der Waals surface area contributed by atoms with Crippen LogP contribution in [0.3, 0.4) is 0 Å². The fraction of sp³-hybridized carbons (Fsp3) is 0.800. The molecule has 0 N–H and O–H groups in total. The molecule has 0 aliphatic heterocycles. The predicted octanol–water partition coefficient (Wildman–Crippen LogP) is 3.59. The van der Waals surface area contributed by atoms with Crippen LogP contribution in [-0.4, -0.2) is 5.78 Å². The number of rotatable bonds is 0. The lowest BCUT2D eigenvalue weighted by Gasteiger charge is -2.45. The Balaban J connectivity index is 1.89. The molecule has 16 heavy (non-hydrogen) atoms. The second kappa shape index (κ2) is 3.72. The molecule has 0 radical (unpaired) electrons. The van der Waals surface area contributed by atoms with Gasteiger partial charge in [-0.2, -0.15) is 0 Å². The van der Waals surface area contributed by atoms with Crippen LogP contribution >= 0.6 is 0 Å². The maximum Gasteiger partial charge on any atom is 0.156 e. The highest BCUT2D eigenvalue weighted by Gasteiger charge is 2.43. The molecule has 0 saturated heterocycles. The molecule has 2 fully saturated rings. The van der Waals surface area contributed by atoms with Crippen molar-refractivity contribution in [2.75, 3.05) is 0 Å². The largest absolute Gasteiger partial charge is 0.295 e. The molecule has 3 aliphatic carbocycles. The van der Waals surface area contributed by atoms with Crippen LogP contribution in [0.25, 0.3) is 0 Å². The Morgan fingerprint density at radius 1 is 1.19 bits per heavy atom. The molecule has 0 aromatic carbocycles. The molecule has 1 nitrogen and oxygen atoms in total. The van der Waals surface area contributed by atoms with Crippen molar-refractivity contribution in [3.63, 3.8) is 0 Å². The Morgan fingerprint density at radius 3 is 2.81 bits per heavy atom. The molecule has 2 saturated carbocycles. The molecule has 1 heteroatoms. The van der Waals surface area contributed by atoms with Crippen LogP contribution in [0.4, 0.5) is 0 Å². The Labute approximate surface area is 98.3 Å². The van der Waals surface area contributed by atoms with Crippen LogP contribution < -0.4 is 0 Å². The van der Waals surface area contributed by atoms with Gasteiger partial charge in [0.05, 0.1) is 0 Å². The van der Waals surface area contributed by atoms with Crippen LogP contribution in [-0.2, 0) is 4.79 Å². The SMILES string of the molecule is CC1CC(C)C2CCC3CC(=O)C=C3C2C1. The second-order valence-corrected chi connectivity index (χ2v) is 6.41. The van der Waals surface area contributed by atoms with Crippen LogP contribution in [0.1, 0.15) is 46.0 Å². The minimum absolute atomic E-state index is 0.395. The predicted molar refractivity (Wildman–Crippen MR) is 65.0 cm³/mol. The summed E-state index contributed by atoms with van der Waals surface area (Å²) < 4.78 is 0. The number of allylic oxidation sites excluding steroid dienone is 2. The van der Waals surface area contributed by atoms with E-state index >= 15 is 0 Å². The second-order valence-electron chi connectivity index (χ2n) is 6.41. The summed E-state index contributed by atoms with van der Waals surface area (Å²) in [5.74, 6) is 4.38. The molecule has 3 aliphatic rings. The molecular formula is C15H22O. The number of ketones is 1. The van der Waals surface area contributed by atoms with E-state index in [4.69, 9.17) is 0 Å². The van der Waals surface area contributed by atoms with Gasteiger partial charge in [-0.15, -0.1) is 0 Å². The summed E-state index contributed by atoms with van der Waals surface area (Å²) in [5.41, 5.74) is 1.54. The van der Waals surface area contributed by atoms with Gasteiger partial charge in [0.1, 0.15) is 0 Å². The molecule has 0 heterocycles. The van der Waals surface area contributed by atoms with Gasteiger partial charge in [0.25, 0.3) is 0 Å². The van der Waals surface area contributed by atoms with Crippen molar-refractivity contribution >= 4 is 5.78 Å². The zero-order valence-electron chi connectivity index (χ0n) is 10.4. The summed E-state index contributed by atoms with van der Waals surface area (Å²) >= 11 is 0. The topological polar surface area (TPSA) is 17.1 Å². The van der Waals surface area contributed by atoms with Crippen molar-refractivity contribution in [2.24, 2.45) is 29.6 Å². The van der Waals surface area contributed by atoms with Crippen LogP contribution in [0.5, 0.6) is 0 Å². The number of hydrogen-bond acceptors (Lipinski definition) is 1. The van der Waals surface area contributed by atoms with E-state index in [9.17, 15) is 4.79 Å². The maximum atomic E-state index is 11.6. The Kier molecular flexibility index (Phi) is 2.45. The fourth-order valence-corrected chi connectivity index (χ4v) is 4.58. The van der Waals surface area contributed by atoms with Gasteiger partial charge in [0, 0.05) is 6.42 Å². The number of carbonyl (C=O) groups excluding carboxylic acids is 1.